The van der Waals surface area contributed by atoms with E-state index in [1.807, 2.05) is 7.05 Å². The number of aliphatic hydroxyl groups is 1. The molecule has 3 aromatic rings. The molecule has 0 spiro atoms. The predicted octanol–water partition coefficient (Wildman–Crippen LogP) is 2.63. The van der Waals surface area contributed by atoms with Gasteiger partial charge >= 0.3 is 0 Å². The number of nitriles is 1. The molecule has 1 atom stereocenters. The lowest BCUT2D eigenvalue weighted by Crippen LogP contribution is -2.53. The number of halogens is 1. The Morgan fingerprint density at radius 3 is 2.88 bits per heavy atom. The zero-order valence-electron chi connectivity index (χ0n) is 18.5. The van der Waals surface area contributed by atoms with E-state index in [1.165, 1.54) is 10.7 Å². The zero-order chi connectivity index (χ0) is 23.8. The molecule has 0 radical (unpaired) electrons. The molecule has 3 N–H and O–H groups in total. The van der Waals surface area contributed by atoms with E-state index in [2.05, 4.69) is 46.4 Å². The Bertz CT molecular complexity index is 1320. The highest BCUT2D eigenvalue weighted by atomic mass is 35.5. The summed E-state index contributed by atoms with van der Waals surface area (Å²) in [6.45, 7) is 9.50. The quantitative estimate of drug-likeness (QED) is 0.459. The summed E-state index contributed by atoms with van der Waals surface area (Å²) in [4.78, 5) is 16.5. The second-order valence-corrected chi connectivity index (χ2v) is 8.90. The van der Waals surface area contributed by atoms with Crippen molar-refractivity contribution in [3.63, 3.8) is 0 Å². The predicted molar refractivity (Wildman–Crippen MR) is 129 cm³/mol. The van der Waals surface area contributed by atoms with Gasteiger partial charge in [-0.3, -0.25) is 4.90 Å². The van der Waals surface area contributed by atoms with Gasteiger partial charge in [0.25, 0.3) is 17.4 Å². The van der Waals surface area contributed by atoms with Crippen LogP contribution in [0.1, 0.15) is 18.4 Å². The van der Waals surface area contributed by atoms with E-state index >= 15 is 0 Å². The maximum absolute atomic E-state index is 9.73. The summed E-state index contributed by atoms with van der Waals surface area (Å²) in [5.74, 6) is 1.03. The molecule has 1 saturated carbocycles. The van der Waals surface area contributed by atoms with Crippen molar-refractivity contribution in [1.29, 1.82) is 5.26 Å². The number of rotatable bonds is 6. The van der Waals surface area contributed by atoms with Crippen LogP contribution in [0.3, 0.4) is 0 Å². The number of benzene rings is 1. The van der Waals surface area contributed by atoms with E-state index in [4.69, 9.17) is 18.2 Å². The summed E-state index contributed by atoms with van der Waals surface area (Å²) in [6.07, 6.45) is 3.56. The average molecular weight is 479 g/mol. The summed E-state index contributed by atoms with van der Waals surface area (Å²) in [5, 5.41) is 30.7. The number of likely N-dealkylation sites (N-methyl/N-ethyl adjacent to an activating group) is 1. The summed E-state index contributed by atoms with van der Waals surface area (Å²) in [7, 11) is 1.98. The Hall–Kier alpha value is -3.64. The van der Waals surface area contributed by atoms with Gasteiger partial charge in [-0.05, 0) is 32.0 Å². The second kappa shape index (κ2) is 8.95. The molecule has 34 heavy (non-hydrogen) atoms. The molecule has 2 fully saturated rings. The van der Waals surface area contributed by atoms with Gasteiger partial charge < -0.3 is 25.5 Å². The van der Waals surface area contributed by atoms with Crippen molar-refractivity contribution in [1.82, 2.24) is 24.5 Å². The Morgan fingerprint density at radius 1 is 1.35 bits per heavy atom. The number of nitrogens with one attached hydrogen (secondary N) is 2. The van der Waals surface area contributed by atoms with E-state index in [0.29, 0.717) is 52.6 Å². The van der Waals surface area contributed by atoms with Crippen LogP contribution in [0.4, 0.5) is 29.0 Å². The first-order valence-corrected chi connectivity index (χ1v) is 11.3. The molecule has 174 valence electrons. The van der Waals surface area contributed by atoms with Gasteiger partial charge in [-0.25, -0.2) is 4.98 Å². The number of anilines is 4. The van der Waals surface area contributed by atoms with Crippen molar-refractivity contribution in [3.05, 3.63) is 40.3 Å². The fourth-order valence-corrected chi connectivity index (χ4v) is 4.27. The van der Waals surface area contributed by atoms with Gasteiger partial charge in [0.2, 0.25) is 0 Å². The number of aromatic nitrogens is 4. The van der Waals surface area contributed by atoms with Crippen molar-refractivity contribution in [2.75, 3.05) is 48.8 Å². The highest BCUT2D eigenvalue weighted by Gasteiger charge is 2.28. The van der Waals surface area contributed by atoms with E-state index in [0.717, 1.165) is 19.4 Å². The lowest BCUT2D eigenvalue weighted by atomic mass is 10.1. The number of piperazine rings is 1. The lowest BCUT2D eigenvalue weighted by Gasteiger charge is -2.40. The van der Waals surface area contributed by atoms with Gasteiger partial charge in [0.05, 0.1) is 46.9 Å². The maximum Gasteiger partial charge on any atom is 0.275 e. The molecule has 2 aromatic heterocycles. The molecule has 1 aromatic carbocycles. The van der Waals surface area contributed by atoms with Gasteiger partial charge in [-0.15, -0.1) is 4.52 Å². The number of nitrogens with zero attached hydrogens (tertiary/aromatic N) is 8. The Morgan fingerprint density at radius 2 is 2.18 bits per heavy atom. The molecule has 2 aliphatic rings. The Kier molecular flexibility index (Phi) is 5.84. The number of fused-ring (bicyclic) bond motifs is 1. The van der Waals surface area contributed by atoms with E-state index in [9.17, 15) is 10.4 Å². The van der Waals surface area contributed by atoms with Crippen LogP contribution in [0, 0.1) is 17.9 Å². The van der Waals surface area contributed by atoms with Crippen molar-refractivity contribution in [2.45, 2.75) is 24.9 Å². The fourth-order valence-electron chi connectivity index (χ4n) is 3.99. The molecular formula is C22H23ClN10O. The third-order valence-electron chi connectivity index (χ3n) is 6.13. The topological polar surface area (TPSA) is 122 Å². The van der Waals surface area contributed by atoms with Crippen LogP contribution in [0.15, 0.2) is 18.3 Å². The zero-order valence-corrected chi connectivity index (χ0v) is 19.3. The Labute approximate surface area is 201 Å². The van der Waals surface area contributed by atoms with Crippen LogP contribution >= 0.6 is 11.6 Å². The van der Waals surface area contributed by atoms with E-state index in [1.54, 1.807) is 12.1 Å². The largest absolute Gasteiger partial charge is 0.395 e. The standard InChI is InChI=1S/C22H23ClN10O/c1-25-18-10-26-21-20(27-14-3-4-14)29-22(30-33(18)21)28-16-7-13(9-24)8-17(19(16)23)32-6-5-31(2)15(11-32)12-34/h7-8,10,14-15,34H,3-6,11-12H2,2H3,(H2,27,28,29,30). The van der Waals surface area contributed by atoms with Gasteiger partial charge in [0.1, 0.15) is 0 Å². The van der Waals surface area contributed by atoms with Crippen molar-refractivity contribution < 1.29 is 5.11 Å². The average Bonchev–Trinajstić information content (AvgIpc) is 3.56. The monoisotopic (exact) mass is 478 g/mol. The van der Waals surface area contributed by atoms with Gasteiger partial charge in [0, 0.05) is 25.7 Å². The lowest BCUT2D eigenvalue weighted by molar-refractivity contribution is 0.135. The number of imidazole rings is 1. The molecule has 1 saturated heterocycles. The molecule has 1 aliphatic heterocycles. The molecule has 5 rings (SSSR count). The molecular weight excluding hydrogens is 456 g/mol. The first kappa shape index (κ1) is 22.2. The summed E-state index contributed by atoms with van der Waals surface area (Å²) in [6, 6.07) is 5.90. The number of aliphatic hydroxyl groups excluding tert-OH is 1. The summed E-state index contributed by atoms with van der Waals surface area (Å²) < 4.78 is 1.45. The SMILES string of the molecule is [C-]#[N+]c1cnc2c(NC3CC3)nc(Nc3cc(C#N)cc(N4CCN(C)C(CO)C4)c3Cl)nn12. The smallest absolute Gasteiger partial charge is 0.275 e. The molecule has 3 heterocycles. The van der Waals surface area contributed by atoms with E-state index < -0.39 is 0 Å². The van der Waals surface area contributed by atoms with Crippen molar-refractivity contribution in [3.8, 4) is 6.07 Å². The van der Waals surface area contributed by atoms with Gasteiger partial charge in [-0.2, -0.15) is 10.2 Å². The van der Waals surface area contributed by atoms with Crippen LogP contribution in [0.25, 0.3) is 10.5 Å². The molecule has 12 heteroatoms. The van der Waals surface area contributed by atoms with Gasteiger partial charge in [-0.1, -0.05) is 23.3 Å². The summed E-state index contributed by atoms with van der Waals surface area (Å²) in [5.41, 5.74) is 2.10. The van der Waals surface area contributed by atoms with Crippen LogP contribution < -0.4 is 15.5 Å². The molecule has 0 bridgehead atoms. The number of hydrogen-bond donors (Lipinski definition) is 3. The first-order chi connectivity index (χ1) is 16.5. The number of hydrogen-bond acceptors (Lipinski definition) is 9. The molecule has 0 amide bonds. The molecule has 11 nitrogen and oxygen atoms in total. The van der Waals surface area contributed by atoms with Gasteiger partial charge in [0.15, 0.2) is 5.82 Å². The molecule has 1 unspecified atom stereocenters. The van der Waals surface area contributed by atoms with Crippen LogP contribution in [-0.4, -0.2) is 75.0 Å². The highest BCUT2D eigenvalue weighted by molar-refractivity contribution is 6.36. The minimum Gasteiger partial charge on any atom is -0.395 e. The first-order valence-electron chi connectivity index (χ1n) is 11.0. The van der Waals surface area contributed by atoms with Crippen LogP contribution in [0.5, 0.6) is 0 Å². The normalized spacial score (nSPS) is 18.5. The highest BCUT2D eigenvalue weighted by Crippen LogP contribution is 2.37. The van der Waals surface area contributed by atoms with Crippen molar-refractivity contribution in [2.24, 2.45) is 0 Å². The minimum atomic E-state index is -0.0259. The van der Waals surface area contributed by atoms with Crippen LogP contribution in [-0.2, 0) is 0 Å². The third-order valence-corrected chi connectivity index (χ3v) is 6.53. The van der Waals surface area contributed by atoms with Crippen molar-refractivity contribution >= 4 is 46.2 Å². The Balaban J connectivity index is 1.53. The second-order valence-electron chi connectivity index (χ2n) is 8.52. The fraction of sp³-hybridized carbons (Fsp3) is 0.409. The molecule has 1 aliphatic carbocycles. The third kappa shape index (κ3) is 4.17. The summed E-state index contributed by atoms with van der Waals surface area (Å²) >= 11 is 6.81. The maximum atomic E-state index is 9.73. The van der Waals surface area contributed by atoms with E-state index in [-0.39, 0.29) is 24.4 Å². The minimum absolute atomic E-state index is 0.0259. The van der Waals surface area contributed by atoms with Crippen LogP contribution in [0.2, 0.25) is 5.02 Å².